The van der Waals surface area contributed by atoms with Crippen LogP contribution in [0, 0.1) is 0 Å². The van der Waals surface area contributed by atoms with E-state index in [1.165, 1.54) is 49.8 Å². The molecule has 7 heteroatoms. The molecule has 20 aromatic rings. The van der Waals surface area contributed by atoms with Crippen LogP contribution >= 0.6 is 0 Å². The van der Waals surface area contributed by atoms with Crippen molar-refractivity contribution in [3.05, 3.63) is 343 Å². The smallest absolute Gasteiger partial charge is 0.252 e. The van der Waals surface area contributed by atoms with Crippen molar-refractivity contribution < 1.29 is 17.7 Å². The monoisotopic (exact) mass is 1590 g/mol. The van der Waals surface area contributed by atoms with Gasteiger partial charge in [-0.1, -0.05) is 322 Å². The SMILES string of the molecule is CC(C)(C)c1cccc(-c2ccc3c(c2)N(c2c(-c4cccc5oc6ccccc6c45)cc(C(C)(C)C)cc2-c2cccc4oc5ccccc5c24)c2cc(C(C)(C)C)cc4c2B3c2ccc(-c3ccc(C(C)(C)C)cc3-c3ccccc3)cc2N4c2c(-c3cccc4oc5ccccc5c34)cc(C(C)(C)C)cc2-c2cccc3oc4ccccc4c23)c1. The molecule has 4 aromatic heterocycles. The maximum absolute atomic E-state index is 7.06. The maximum Gasteiger partial charge on any atom is 0.252 e. The van der Waals surface area contributed by atoms with Crippen LogP contribution in [-0.2, 0) is 27.1 Å². The van der Waals surface area contributed by atoms with Crippen molar-refractivity contribution in [3.63, 3.8) is 0 Å². The van der Waals surface area contributed by atoms with Crippen LogP contribution in [0.4, 0.5) is 34.1 Å². The minimum Gasteiger partial charge on any atom is -0.456 e. The Balaban J connectivity index is 0.958. The lowest BCUT2D eigenvalue weighted by Crippen LogP contribution is -2.61. The van der Waals surface area contributed by atoms with Gasteiger partial charge in [-0.15, -0.1) is 0 Å². The van der Waals surface area contributed by atoms with Crippen LogP contribution in [0.2, 0.25) is 0 Å². The highest BCUT2D eigenvalue weighted by Crippen LogP contribution is 2.59. The van der Waals surface area contributed by atoms with Crippen LogP contribution in [0.1, 0.15) is 132 Å². The molecule has 2 aliphatic rings. The second kappa shape index (κ2) is 27.4. The topological polar surface area (TPSA) is 59.0 Å². The van der Waals surface area contributed by atoms with E-state index in [2.05, 4.69) is 429 Å². The molecular weight excluding hydrogens is 1500 g/mol. The first kappa shape index (κ1) is 75.6. The van der Waals surface area contributed by atoms with Gasteiger partial charge in [0.2, 0.25) is 0 Å². The third-order valence-electron chi connectivity index (χ3n) is 26.5. The molecule has 123 heavy (non-hydrogen) atoms. The van der Waals surface area contributed by atoms with Crippen molar-refractivity contribution in [2.75, 3.05) is 9.80 Å². The summed E-state index contributed by atoms with van der Waals surface area (Å²) in [6.07, 6.45) is 0. The predicted molar refractivity (Wildman–Crippen MR) is 521 cm³/mol. The molecule has 0 bridgehead atoms. The molecule has 22 rings (SSSR count). The second-order valence-electron chi connectivity index (χ2n) is 39.5. The summed E-state index contributed by atoms with van der Waals surface area (Å²) in [5.74, 6) is 0. The molecule has 0 unspecified atom stereocenters. The summed E-state index contributed by atoms with van der Waals surface area (Å²) < 4.78 is 28.2. The zero-order chi connectivity index (χ0) is 84.2. The Kier molecular flexibility index (Phi) is 16.9. The lowest BCUT2D eigenvalue weighted by atomic mass is 9.33. The van der Waals surface area contributed by atoms with Crippen molar-refractivity contribution >= 4 is 145 Å². The molecule has 6 nitrogen and oxygen atoms in total. The highest BCUT2D eigenvalue weighted by Gasteiger charge is 2.47. The summed E-state index contributed by atoms with van der Waals surface area (Å²) in [6, 6.07) is 119. The van der Waals surface area contributed by atoms with Crippen molar-refractivity contribution in [1.29, 1.82) is 0 Å². The van der Waals surface area contributed by atoms with Crippen LogP contribution in [0.5, 0.6) is 0 Å². The number of hydrogen-bond donors (Lipinski definition) is 0. The Hall–Kier alpha value is -13.6. The summed E-state index contributed by atoms with van der Waals surface area (Å²) in [5.41, 5.74) is 36.7. The van der Waals surface area contributed by atoms with E-state index in [1.54, 1.807) is 0 Å². The lowest BCUT2D eigenvalue weighted by Gasteiger charge is -2.47. The van der Waals surface area contributed by atoms with Gasteiger partial charge in [0.25, 0.3) is 6.71 Å². The van der Waals surface area contributed by atoms with Crippen LogP contribution in [0.3, 0.4) is 0 Å². The van der Waals surface area contributed by atoms with E-state index < -0.39 is 5.41 Å². The van der Waals surface area contributed by atoms with E-state index in [1.807, 2.05) is 0 Å². The van der Waals surface area contributed by atoms with Gasteiger partial charge < -0.3 is 27.5 Å². The zero-order valence-electron chi connectivity index (χ0n) is 72.6. The summed E-state index contributed by atoms with van der Waals surface area (Å²) in [5, 5.41) is 8.46. The van der Waals surface area contributed by atoms with Gasteiger partial charge in [-0.2, -0.15) is 0 Å². The van der Waals surface area contributed by atoms with E-state index >= 15 is 0 Å². The van der Waals surface area contributed by atoms with Gasteiger partial charge in [-0.25, -0.2) is 0 Å². The Labute approximate surface area is 719 Å². The van der Waals surface area contributed by atoms with Crippen LogP contribution in [-0.4, -0.2) is 6.71 Å². The number of nitrogens with zero attached hydrogens (tertiary/aromatic N) is 2. The zero-order valence-corrected chi connectivity index (χ0v) is 72.6. The van der Waals surface area contributed by atoms with Gasteiger partial charge in [0, 0.05) is 88.1 Å². The first-order valence-electron chi connectivity index (χ1n) is 43.5. The van der Waals surface area contributed by atoms with E-state index in [4.69, 9.17) is 17.7 Å². The molecule has 598 valence electrons. The summed E-state index contributed by atoms with van der Waals surface area (Å²) >= 11 is 0. The Morgan fingerprint density at radius 2 is 0.512 bits per heavy atom. The van der Waals surface area contributed by atoms with Crippen molar-refractivity contribution in [3.8, 4) is 77.9 Å². The van der Waals surface area contributed by atoms with Gasteiger partial charge in [-0.3, -0.25) is 0 Å². The number of benzene rings is 16. The third-order valence-corrected chi connectivity index (χ3v) is 26.5. The fourth-order valence-corrected chi connectivity index (χ4v) is 20.0. The van der Waals surface area contributed by atoms with Crippen LogP contribution in [0.25, 0.3) is 166 Å². The lowest BCUT2D eigenvalue weighted by molar-refractivity contribution is 0.590. The van der Waals surface area contributed by atoms with Gasteiger partial charge in [0.05, 0.1) is 11.4 Å². The highest BCUT2D eigenvalue weighted by atomic mass is 16.3. The molecule has 0 saturated carbocycles. The molecule has 0 atom stereocenters. The summed E-state index contributed by atoms with van der Waals surface area (Å²) in [6.45, 7) is 35.0. The van der Waals surface area contributed by atoms with E-state index in [-0.39, 0.29) is 28.4 Å². The van der Waals surface area contributed by atoms with Gasteiger partial charge >= 0.3 is 0 Å². The highest BCUT2D eigenvalue weighted by molar-refractivity contribution is 7.00. The largest absolute Gasteiger partial charge is 0.456 e. The summed E-state index contributed by atoms with van der Waals surface area (Å²) in [4.78, 5) is 5.50. The number of furan rings is 4. The quantitative estimate of drug-likeness (QED) is 0.134. The number of anilines is 6. The molecular formula is C116H97BN2O4. The number of para-hydroxylation sites is 4. The molecule has 0 aliphatic carbocycles. The van der Waals surface area contributed by atoms with Crippen molar-refractivity contribution in [2.24, 2.45) is 0 Å². The Morgan fingerprint density at radius 3 is 0.902 bits per heavy atom. The molecule has 16 aromatic carbocycles. The fourth-order valence-electron chi connectivity index (χ4n) is 20.0. The van der Waals surface area contributed by atoms with Crippen LogP contribution < -0.4 is 26.2 Å². The van der Waals surface area contributed by atoms with Gasteiger partial charge in [-0.05, 0) is 224 Å². The standard InChI is InChI=1S/C116H97BN2O4/c1-112(2,3)72-35-27-34-69(58-72)70-52-56-91-93(59-70)118(110-87(78-40-28-48-101-105(78)82-36-19-23-44-97(82)120-101)62-74(114(7,8)9)63-88(110)79-41-29-49-102-106(79)83-37-20-24-45-98(83)121-102)95-66-76(116(13,14)15)67-96-109(95)117(91)92-57-53-71(77-55-54-73(113(4,5)6)61-86(77)68-32-17-16-18-33-68)60-94(92)119(96)111-89(80-42-30-50-103-107(80)84-38-21-25-46-99(84)122-103)64-75(115(10,11)12)65-90(111)81-43-31-51-104-108(81)85-39-22-26-47-100(85)123-104/h16-67H,1-15H3. The molecule has 0 radical (unpaired) electrons. The number of fused-ring (bicyclic) bond motifs is 16. The Bertz CT molecular complexity index is 7530. The molecule has 0 spiro atoms. The van der Waals surface area contributed by atoms with E-state index in [0.717, 1.165) is 194 Å². The second-order valence-corrected chi connectivity index (χ2v) is 39.5. The molecule has 0 amide bonds. The average molecular weight is 1590 g/mol. The number of hydrogen-bond acceptors (Lipinski definition) is 6. The van der Waals surface area contributed by atoms with E-state index in [9.17, 15) is 0 Å². The van der Waals surface area contributed by atoms with Gasteiger partial charge in [0.1, 0.15) is 44.7 Å². The first-order valence-corrected chi connectivity index (χ1v) is 43.5. The average Bonchev–Trinajstić information content (AvgIpc) is 1.07. The predicted octanol–water partition coefficient (Wildman–Crippen LogP) is 31.5. The molecule has 0 saturated heterocycles. The minimum absolute atomic E-state index is 0.123. The van der Waals surface area contributed by atoms with Crippen molar-refractivity contribution in [2.45, 2.75) is 131 Å². The molecule has 6 heterocycles. The molecule has 0 fully saturated rings. The fraction of sp³-hybridized carbons (Fsp3) is 0.172. The Morgan fingerprint density at radius 1 is 0.203 bits per heavy atom. The number of rotatable bonds is 9. The maximum atomic E-state index is 7.06. The van der Waals surface area contributed by atoms with Crippen molar-refractivity contribution in [1.82, 2.24) is 0 Å². The minimum atomic E-state index is -0.454. The summed E-state index contributed by atoms with van der Waals surface area (Å²) in [7, 11) is 0. The van der Waals surface area contributed by atoms with Crippen LogP contribution in [0.15, 0.2) is 333 Å². The van der Waals surface area contributed by atoms with E-state index in [0.29, 0.717) is 0 Å². The molecule has 2 aliphatic heterocycles. The first-order chi connectivity index (χ1) is 59.2. The van der Waals surface area contributed by atoms with Gasteiger partial charge in [0.15, 0.2) is 0 Å². The normalized spacial score (nSPS) is 13.3. The third kappa shape index (κ3) is 12.2. The molecule has 0 N–H and O–H groups in total.